The molecule has 104 heavy (non-hydrogen) atoms. The SMILES string of the molecule is Cc1c(C(F)(F)C(F)(F)C(F)(F)C(F)(F)C(F)(F)C(F)(F)F)cc(COCc2cc(CS)cc(COCc3cc(C(F)(F)C(F)(F)C(F)(F)C(F)(F)C(F)(F)C(F)(F)F)c(C)c(C(F)(F)C(F)(F)C(F)(F)C(F)(F)C(F)(F)C(F)(F)F)c3)c2)cc1C(F)(F)C(F)(F)C(F)(F)C(F)(F)C(F)(F)C(F)(F)F. The van der Waals surface area contributed by atoms with Crippen LogP contribution in [-0.2, 0) is 65.3 Å². The Kier molecular flexibility index (Phi) is 23.4. The van der Waals surface area contributed by atoms with Gasteiger partial charge in [0, 0.05) is 28.0 Å². The zero-order valence-electron chi connectivity index (χ0n) is 48.0. The van der Waals surface area contributed by atoms with Crippen molar-refractivity contribution in [2.24, 2.45) is 0 Å². The van der Waals surface area contributed by atoms with Gasteiger partial charge in [-0.15, -0.1) is 0 Å². The molecule has 3 aromatic rings. The number of hydrogen-bond acceptors (Lipinski definition) is 3. The zero-order valence-corrected chi connectivity index (χ0v) is 48.9. The molecule has 0 bridgehead atoms. The lowest BCUT2D eigenvalue weighted by Crippen LogP contribution is -2.69. The molecule has 2 nitrogen and oxygen atoms in total. The summed E-state index contributed by atoms with van der Waals surface area (Å²) in [5, 5.41) is 0. The maximum Gasteiger partial charge on any atom is 0.460 e. The lowest BCUT2D eigenvalue weighted by Gasteiger charge is -2.41. The van der Waals surface area contributed by atoms with Crippen LogP contribution in [0, 0.1) is 13.8 Å². The van der Waals surface area contributed by atoms with Gasteiger partial charge in [0.1, 0.15) is 0 Å². The first kappa shape index (κ1) is 92.5. The second kappa shape index (κ2) is 26.3. The largest absolute Gasteiger partial charge is 0.460 e. The van der Waals surface area contributed by atoms with Crippen LogP contribution in [0.2, 0.25) is 0 Å². The van der Waals surface area contributed by atoms with Crippen LogP contribution in [0.25, 0.3) is 0 Å². The topological polar surface area (TPSA) is 18.5 Å². The van der Waals surface area contributed by atoms with E-state index < -0.39 is 275 Å². The molecular weight excluding hydrogens is 1640 g/mol. The molecule has 0 aliphatic rings. The summed E-state index contributed by atoms with van der Waals surface area (Å²) in [6.45, 7) is -10.5. The van der Waals surface area contributed by atoms with Gasteiger partial charge in [-0.3, -0.25) is 0 Å². The highest BCUT2D eigenvalue weighted by atomic mass is 32.1. The van der Waals surface area contributed by atoms with E-state index in [4.69, 9.17) is 0 Å². The van der Waals surface area contributed by atoms with E-state index in [1.54, 1.807) is 0 Å². The maximum absolute atomic E-state index is 15.7. The lowest BCUT2D eigenvalue weighted by molar-refractivity contribution is -0.442. The first-order valence-corrected chi connectivity index (χ1v) is 25.7. The molecule has 0 N–H and O–H groups in total. The Bertz CT molecular complexity index is 3160. The minimum Gasteiger partial charge on any atom is -0.372 e. The van der Waals surface area contributed by atoms with E-state index in [0.717, 1.165) is 0 Å². The van der Waals surface area contributed by atoms with E-state index in [1.165, 1.54) is 0 Å². The van der Waals surface area contributed by atoms with Gasteiger partial charge in [0.15, 0.2) is 0 Å². The number of rotatable bonds is 29. The van der Waals surface area contributed by atoms with Crippen molar-refractivity contribution in [3.8, 4) is 0 Å². The predicted octanol–water partition coefficient (Wildman–Crippen LogP) is 22.9. The van der Waals surface area contributed by atoms with Gasteiger partial charge < -0.3 is 9.47 Å². The summed E-state index contributed by atoms with van der Waals surface area (Å²) in [5.74, 6) is -175. The van der Waals surface area contributed by atoms with Crippen LogP contribution in [-0.4, -0.2) is 119 Å². The molecule has 0 unspecified atom stereocenters. The van der Waals surface area contributed by atoms with Gasteiger partial charge in [0.25, 0.3) is 0 Å². The van der Waals surface area contributed by atoms with Crippen molar-refractivity contribution in [3.05, 3.63) is 104 Å². The third-order valence-corrected chi connectivity index (χ3v) is 14.8. The Morgan fingerprint density at radius 2 is 0.337 bits per heavy atom. The van der Waals surface area contributed by atoms with Crippen LogP contribution in [0.3, 0.4) is 0 Å². The molecule has 0 fully saturated rings. The van der Waals surface area contributed by atoms with E-state index >= 15 is 70.2 Å². The molecule has 0 heterocycles. The van der Waals surface area contributed by atoms with Gasteiger partial charge in [-0.25, -0.2) is 0 Å². The molecule has 602 valence electrons. The Morgan fingerprint density at radius 3 is 0.481 bits per heavy atom. The summed E-state index contributed by atoms with van der Waals surface area (Å²) in [6, 6.07) is -3.92. The van der Waals surface area contributed by atoms with Gasteiger partial charge in [0.05, 0.1) is 26.4 Å². The molecule has 0 atom stereocenters. The van der Waals surface area contributed by atoms with Crippen molar-refractivity contribution in [2.45, 2.75) is 189 Å². The normalized spacial score (nSPS) is 15.9. The smallest absolute Gasteiger partial charge is 0.372 e. The van der Waals surface area contributed by atoms with Crippen molar-refractivity contribution in [1.29, 1.82) is 0 Å². The molecule has 0 aliphatic carbocycles. The summed E-state index contributed by atoms with van der Waals surface area (Å²) in [7, 11) is 0. The molecule has 55 heteroatoms. The summed E-state index contributed by atoms with van der Waals surface area (Å²) in [4.78, 5) is 0. The Labute approximate surface area is 543 Å². The molecular formula is C49H24F52O2S. The number of halogens is 52. The van der Waals surface area contributed by atoms with Gasteiger partial charge in [-0.1, -0.05) is 18.2 Å². The standard InChI is InChI=1S/C49H24F52O2S/c1-15-22(26(50,51)30(58,59)34(66,67)38(74,75)42(82,83)46(90,91)92)6-19(7-23(15)27(52,53)31(60,61)35(68,69)39(76,77)43(84,85)47(93,94)95)12-102-10-17-3-18(5-21(4-17)14-104)11-103-13-20-8-24(28(54,55)32(62,63)36(70,71)40(78,79)44(86,87)48(96,97)98)16(2)25(9-20)29(56,57)33(64,65)37(72,73)41(80,81)45(88,89)49(99,100)101/h3-9,104H,10-14H2,1-2H3. The number of alkyl halides is 52. The van der Waals surface area contributed by atoms with Gasteiger partial charge in [-0.05, 0) is 77.1 Å². The highest BCUT2D eigenvalue weighted by Crippen LogP contribution is 2.69. The molecule has 0 amide bonds. The fourth-order valence-electron chi connectivity index (χ4n) is 8.44. The lowest BCUT2D eigenvalue weighted by atomic mass is 9.83. The van der Waals surface area contributed by atoms with Crippen LogP contribution in [0.1, 0.15) is 61.2 Å². The van der Waals surface area contributed by atoms with E-state index in [-0.39, 0.29) is 6.07 Å². The second-order valence-electron chi connectivity index (χ2n) is 21.4. The summed E-state index contributed by atoms with van der Waals surface area (Å²) in [5.41, 5.74) is -30.1. The molecule has 0 aliphatic heterocycles. The highest BCUT2D eigenvalue weighted by molar-refractivity contribution is 7.79. The average molecular weight is 1660 g/mol. The third-order valence-electron chi connectivity index (χ3n) is 14.4. The minimum absolute atomic E-state index is 0.272. The van der Waals surface area contributed by atoms with Crippen LogP contribution in [0.5, 0.6) is 0 Å². The van der Waals surface area contributed by atoms with Crippen molar-refractivity contribution in [2.75, 3.05) is 0 Å². The van der Waals surface area contributed by atoms with Gasteiger partial charge in [-0.2, -0.15) is 241 Å². The Balaban J connectivity index is 2.41. The zero-order chi connectivity index (χ0) is 83.3. The van der Waals surface area contributed by atoms with Crippen LogP contribution < -0.4 is 0 Å². The molecule has 3 aromatic carbocycles. The monoisotopic (exact) mass is 1660 g/mol. The number of benzene rings is 3. The van der Waals surface area contributed by atoms with Gasteiger partial charge >= 0.3 is 143 Å². The number of thiol groups is 1. The second-order valence-corrected chi connectivity index (χ2v) is 21.7. The van der Waals surface area contributed by atoms with Crippen LogP contribution in [0.15, 0.2) is 42.5 Å². The summed E-state index contributed by atoms with van der Waals surface area (Å²) in [6.07, 6.45) is -32.9. The molecule has 0 radical (unpaired) electrons. The van der Waals surface area contributed by atoms with E-state index in [9.17, 15) is 158 Å². The predicted molar refractivity (Wildman–Crippen MR) is 237 cm³/mol. The Hall–Kier alpha value is -5.71. The number of hydrogen-bond donors (Lipinski definition) is 1. The van der Waals surface area contributed by atoms with Gasteiger partial charge in [0.2, 0.25) is 0 Å². The van der Waals surface area contributed by atoms with E-state index in [0.29, 0.717) is 12.1 Å². The first-order valence-electron chi connectivity index (χ1n) is 25.1. The third kappa shape index (κ3) is 13.3. The van der Waals surface area contributed by atoms with Crippen molar-refractivity contribution in [1.82, 2.24) is 0 Å². The number of ether oxygens (including phenoxy) is 2. The molecule has 3 rings (SSSR count). The maximum atomic E-state index is 15.7. The highest BCUT2D eigenvalue weighted by Gasteiger charge is 2.95. The summed E-state index contributed by atoms with van der Waals surface area (Å²) >= 11 is 3.64. The molecule has 0 saturated heterocycles. The van der Waals surface area contributed by atoms with E-state index in [2.05, 4.69) is 22.1 Å². The fraction of sp³-hybridized carbons (Fsp3) is 0.633. The minimum atomic E-state index is -9.05. The summed E-state index contributed by atoms with van der Waals surface area (Å²) < 4.78 is 749. The van der Waals surface area contributed by atoms with E-state index in [1.807, 2.05) is 0 Å². The average Bonchev–Trinajstić information content (AvgIpc) is 0.709. The first-order chi connectivity index (χ1) is 45.1. The Morgan fingerprint density at radius 1 is 0.202 bits per heavy atom. The van der Waals surface area contributed by atoms with Crippen molar-refractivity contribution < 1.29 is 238 Å². The molecule has 0 saturated carbocycles. The van der Waals surface area contributed by atoms with Crippen LogP contribution in [0.4, 0.5) is 228 Å². The van der Waals surface area contributed by atoms with Crippen LogP contribution >= 0.6 is 12.6 Å². The molecule has 0 spiro atoms. The quantitative estimate of drug-likeness (QED) is 0.0552. The van der Waals surface area contributed by atoms with Crippen molar-refractivity contribution in [3.63, 3.8) is 0 Å². The molecule has 0 aromatic heterocycles. The van der Waals surface area contributed by atoms with Crippen molar-refractivity contribution >= 4 is 12.6 Å². The fourth-order valence-corrected chi connectivity index (χ4v) is 8.63.